The summed E-state index contributed by atoms with van der Waals surface area (Å²) in [4.78, 5) is 33.8. The number of hydrogen-bond acceptors (Lipinski definition) is 7. The molecule has 0 aliphatic carbocycles. The Morgan fingerprint density at radius 3 is 2.54 bits per heavy atom. The third kappa shape index (κ3) is 7.61. The van der Waals surface area contributed by atoms with E-state index < -0.39 is 22.9 Å². The number of pyridine rings is 1. The van der Waals surface area contributed by atoms with Gasteiger partial charge in [-0.25, -0.2) is 9.97 Å². The Balaban J connectivity index is 1.74. The number of anilines is 2. The van der Waals surface area contributed by atoms with E-state index in [0.29, 0.717) is 41.0 Å². The fourth-order valence-corrected chi connectivity index (χ4v) is 3.88. The summed E-state index contributed by atoms with van der Waals surface area (Å²) < 4.78 is 43.8. The monoisotopic (exact) mass is 533 g/mol. The van der Waals surface area contributed by atoms with E-state index in [4.69, 9.17) is 4.74 Å². The Morgan fingerprint density at radius 2 is 1.89 bits per heavy atom. The van der Waals surface area contributed by atoms with Gasteiger partial charge in [0.2, 0.25) is 11.8 Å². The molecule has 3 rings (SSSR count). The van der Waals surface area contributed by atoms with Gasteiger partial charge in [0.05, 0.1) is 19.2 Å². The number of likely N-dealkylation sites (N-methyl/N-ethyl adjacent to an activating group) is 1. The summed E-state index contributed by atoms with van der Waals surface area (Å²) in [5, 5.41) is 5.01. The van der Waals surface area contributed by atoms with Crippen LogP contribution >= 0.6 is 11.3 Å². The average Bonchev–Trinajstić information content (AvgIpc) is 3.33. The molecule has 0 aliphatic rings. The van der Waals surface area contributed by atoms with Crippen LogP contribution in [0.3, 0.4) is 0 Å². The standard InChI is InChI=1S/C25H26F3N5O3S/c1-15(23(35)32-24-30-14-20(37-24)25(26,27)28)16-7-5-8-17(11-16)18-12-19(36-4)22(29-13-18)31-21(34)9-6-10-33(2)3/h5-9,11-15H,10H2,1-4H3,(H,29,31,34)(H,30,32,35)/b9-6+/t15-/m0/s1. The number of benzene rings is 1. The summed E-state index contributed by atoms with van der Waals surface area (Å²) in [7, 11) is 5.24. The second-order valence-electron chi connectivity index (χ2n) is 8.29. The predicted octanol–water partition coefficient (Wildman–Crippen LogP) is 5.03. The van der Waals surface area contributed by atoms with Crippen LogP contribution in [0.2, 0.25) is 0 Å². The minimum absolute atomic E-state index is 0.122. The van der Waals surface area contributed by atoms with Gasteiger partial charge in [0.1, 0.15) is 4.88 Å². The summed E-state index contributed by atoms with van der Waals surface area (Å²) in [6.07, 6.45) is 0.887. The Kier molecular flexibility index (Phi) is 9.00. The van der Waals surface area contributed by atoms with Gasteiger partial charge in [-0.1, -0.05) is 41.7 Å². The molecule has 37 heavy (non-hydrogen) atoms. The molecule has 0 spiro atoms. The first kappa shape index (κ1) is 27.8. The molecule has 0 saturated carbocycles. The normalized spacial score (nSPS) is 12.5. The number of methoxy groups -OCH3 is 1. The SMILES string of the molecule is COc1cc(-c2cccc([C@H](C)C(=O)Nc3ncc(C(F)(F)F)s3)c2)cnc1NC(=O)/C=C/CN(C)C. The van der Waals surface area contributed by atoms with E-state index in [1.54, 1.807) is 43.5 Å². The van der Waals surface area contributed by atoms with E-state index in [-0.39, 0.29) is 16.9 Å². The molecule has 0 saturated heterocycles. The first-order valence-corrected chi connectivity index (χ1v) is 11.9. The minimum Gasteiger partial charge on any atom is -0.493 e. The van der Waals surface area contributed by atoms with E-state index >= 15 is 0 Å². The number of hydrogen-bond donors (Lipinski definition) is 2. The number of alkyl halides is 3. The summed E-state index contributed by atoms with van der Waals surface area (Å²) in [6, 6.07) is 8.83. The number of nitrogens with zero attached hydrogens (tertiary/aromatic N) is 3. The third-order valence-corrected chi connectivity index (χ3v) is 6.14. The Bertz CT molecular complexity index is 1290. The molecule has 1 aromatic carbocycles. The zero-order valence-electron chi connectivity index (χ0n) is 20.6. The lowest BCUT2D eigenvalue weighted by atomic mass is 9.96. The molecule has 196 valence electrons. The molecule has 0 fully saturated rings. The zero-order chi connectivity index (χ0) is 27.2. The second kappa shape index (κ2) is 12.0. The highest BCUT2D eigenvalue weighted by atomic mass is 32.1. The highest BCUT2D eigenvalue weighted by Crippen LogP contribution is 2.35. The van der Waals surface area contributed by atoms with Gasteiger partial charge in [-0.15, -0.1) is 0 Å². The Labute approximate surface area is 216 Å². The van der Waals surface area contributed by atoms with Crippen molar-refractivity contribution >= 4 is 34.1 Å². The molecule has 2 aromatic heterocycles. The van der Waals surface area contributed by atoms with Crippen molar-refractivity contribution in [2.75, 3.05) is 38.4 Å². The smallest absolute Gasteiger partial charge is 0.427 e. The summed E-state index contributed by atoms with van der Waals surface area (Å²) in [5.41, 5.74) is 2.06. The average molecular weight is 534 g/mol. The lowest BCUT2D eigenvalue weighted by molar-refractivity contribution is -0.134. The molecule has 8 nitrogen and oxygen atoms in total. The number of halogens is 3. The van der Waals surface area contributed by atoms with Gasteiger partial charge in [0, 0.05) is 24.4 Å². The molecule has 0 aliphatic heterocycles. The van der Waals surface area contributed by atoms with Crippen LogP contribution in [0.1, 0.15) is 23.3 Å². The van der Waals surface area contributed by atoms with E-state index in [2.05, 4.69) is 20.6 Å². The van der Waals surface area contributed by atoms with Crippen molar-refractivity contribution < 1.29 is 27.5 Å². The molecule has 1 atom stereocenters. The predicted molar refractivity (Wildman–Crippen MR) is 137 cm³/mol. The molecule has 12 heteroatoms. The number of thiazole rings is 1. The molecule has 2 N–H and O–H groups in total. The number of carbonyl (C=O) groups is 2. The number of rotatable bonds is 9. The molecule has 0 radical (unpaired) electrons. The number of ether oxygens (including phenoxy) is 1. The first-order valence-electron chi connectivity index (χ1n) is 11.1. The number of nitrogens with one attached hydrogen (secondary N) is 2. The fraction of sp³-hybridized carbons (Fsp3) is 0.280. The van der Waals surface area contributed by atoms with Crippen molar-refractivity contribution in [3.05, 3.63) is 65.3 Å². The molecule has 3 aromatic rings. The Hall–Kier alpha value is -3.77. The van der Waals surface area contributed by atoms with Gasteiger partial charge in [-0.05, 0) is 38.2 Å². The first-order chi connectivity index (χ1) is 17.5. The molecular formula is C25H26F3N5O3S. The van der Waals surface area contributed by atoms with Crippen molar-refractivity contribution in [3.8, 4) is 16.9 Å². The van der Waals surface area contributed by atoms with Crippen molar-refractivity contribution in [2.24, 2.45) is 0 Å². The van der Waals surface area contributed by atoms with Crippen LogP contribution in [-0.4, -0.2) is 54.4 Å². The summed E-state index contributed by atoms with van der Waals surface area (Å²) >= 11 is 0.369. The van der Waals surface area contributed by atoms with Crippen LogP contribution in [-0.2, 0) is 15.8 Å². The van der Waals surface area contributed by atoms with Gasteiger partial charge >= 0.3 is 6.18 Å². The molecule has 2 amide bonds. The molecular weight excluding hydrogens is 507 g/mol. The van der Waals surface area contributed by atoms with Crippen molar-refractivity contribution in [1.29, 1.82) is 0 Å². The van der Waals surface area contributed by atoms with Gasteiger partial charge < -0.3 is 20.3 Å². The summed E-state index contributed by atoms with van der Waals surface area (Å²) in [5.74, 6) is -0.884. The highest BCUT2D eigenvalue weighted by molar-refractivity contribution is 7.15. The quantitative estimate of drug-likeness (QED) is 0.375. The van der Waals surface area contributed by atoms with Crippen molar-refractivity contribution in [1.82, 2.24) is 14.9 Å². The van der Waals surface area contributed by atoms with E-state index in [0.717, 1.165) is 5.56 Å². The van der Waals surface area contributed by atoms with Gasteiger partial charge in [-0.3, -0.25) is 9.59 Å². The topological polar surface area (TPSA) is 96.5 Å². The van der Waals surface area contributed by atoms with Crippen LogP contribution < -0.4 is 15.4 Å². The van der Waals surface area contributed by atoms with Crippen molar-refractivity contribution in [2.45, 2.75) is 19.0 Å². The fourth-order valence-electron chi connectivity index (χ4n) is 3.20. The molecule has 0 unspecified atom stereocenters. The highest BCUT2D eigenvalue weighted by Gasteiger charge is 2.33. The maximum absolute atomic E-state index is 12.8. The largest absolute Gasteiger partial charge is 0.493 e. The van der Waals surface area contributed by atoms with Crippen LogP contribution in [0.15, 0.2) is 54.9 Å². The Morgan fingerprint density at radius 1 is 1.14 bits per heavy atom. The lowest BCUT2D eigenvalue weighted by Crippen LogP contribution is -2.18. The van der Waals surface area contributed by atoms with E-state index in [1.165, 1.54) is 13.2 Å². The van der Waals surface area contributed by atoms with Gasteiger partial charge in [-0.2, -0.15) is 13.2 Å². The van der Waals surface area contributed by atoms with Gasteiger partial charge in [0.15, 0.2) is 16.7 Å². The van der Waals surface area contributed by atoms with Crippen LogP contribution in [0, 0.1) is 0 Å². The van der Waals surface area contributed by atoms with E-state index in [1.807, 2.05) is 25.1 Å². The van der Waals surface area contributed by atoms with Gasteiger partial charge in [0.25, 0.3) is 0 Å². The van der Waals surface area contributed by atoms with Crippen LogP contribution in [0.25, 0.3) is 11.1 Å². The second-order valence-corrected chi connectivity index (χ2v) is 9.32. The van der Waals surface area contributed by atoms with Crippen LogP contribution in [0.5, 0.6) is 5.75 Å². The third-order valence-electron chi connectivity index (χ3n) is 5.18. The van der Waals surface area contributed by atoms with Crippen LogP contribution in [0.4, 0.5) is 24.1 Å². The molecule has 0 bridgehead atoms. The number of amides is 2. The lowest BCUT2D eigenvalue weighted by Gasteiger charge is -2.14. The van der Waals surface area contributed by atoms with Crippen molar-refractivity contribution in [3.63, 3.8) is 0 Å². The minimum atomic E-state index is -4.52. The maximum Gasteiger partial charge on any atom is 0.427 e. The van der Waals surface area contributed by atoms with E-state index in [9.17, 15) is 22.8 Å². The zero-order valence-corrected chi connectivity index (χ0v) is 21.4. The maximum atomic E-state index is 12.8. The number of carbonyl (C=O) groups excluding carboxylic acids is 2. The molecule has 2 heterocycles. The number of aromatic nitrogens is 2. The summed E-state index contributed by atoms with van der Waals surface area (Å²) in [6.45, 7) is 2.26.